The topological polar surface area (TPSA) is 35.5 Å². The SMILES string of the molecule is O=C(COCC1CCOC1)C1CCCCC1. The van der Waals surface area contributed by atoms with Gasteiger partial charge in [-0.2, -0.15) is 0 Å². The van der Waals surface area contributed by atoms with Crippen LogP contribution in [0.5, 0.6) is 0 Å². The van der Waals surface area contributed by atoms with Crippen LogP contribution in [-0.2, 0) is 14.3 Å². The van der Waals surface area contributed by atoms with Gasteiger partial charge in [0.2, 0.25) is 0 Å². The number of ether oxygens (including phenoxy) is 2. The van der Waals surface area contributed by atoms with Crippen molar-refractivity contribution < 1.29 is 14.3 Å². The van der Waals surface area contributed by atoms with Gasteiger partial charge in [-0.1, -0.05) is 19.3 Å². The van der Waals surface area contributed by atoms with Crippen molar-refractivity contribution in [2.75, 3.05) is 26.4 Å². The molecule has 2 aliphatic rings. The van der Waals surface area contributed by atoms with Gasteiger partial charge in [0, 0.05) is 18.4 Å². The third kappa shape index (κ3) is 3.56. The molecule has 0 aromatic carbocycles. The van der Waals surface area contributed by atoms with Crippen LogP contribution in [0.4, 0.5) is 0 Å². The first-order chi connectivity index (χ1) is 7.86. The molecule has 1 atom stereocenters. The summed E-state index contributed by atoms with van der Waals surface area (Å²) in [6, 6.07) is 0. The van der Waals surface area contributed by atoms with Crippen molar-refractivity contribution >= 4 is 5.78 Å². The highest BCUT2D eigenvalue weighted by Crippen LogP contribution is 2.24. The number of rotatable bonds is 5. The molecule has 1 aliphatic heterocycles. The Labute approximate surface area is 97.5 Å². The highest BCUT2D eigenvalue weighted by molar-refractivity contribution is 5.82. The maximum Gasteiger partial charge on any atom is 0.161 e. The normalized spacial score (nSPS) is 27.1. The Morgan fingerprint density at radius 2 is 2.00 bits per heavy atom. The molecule has 0 N–H and O–H groups in total. The van der Waals surface area contributed by atoms with Crippen LogP contribution in [-0.4, -0.2) is 32.2 Å². The Morgan fingerprint density at radius 1 is 1.19 bits per heavy atom. The smallest absolute Gasteiger partial charge is 0.161 e. The second-order valence-corrected chi connectivity index (χ2v) is 5.05. The van der Waals surface area contributed by atoms with Crippen molar-refractivity contribution in [3.05, 3.63) is 0 Å². The van der Waals surface area contributed by atoms with Crippen molar-refractivity contribution in [3.63, 3.8) is 0 Å². The van der Waals surface area contributed by atoms with Crippen molar-refractivity contribution in [2.45, 2.75) is 38.5 Å². The Hall–Kier alpha value is -0.410. The second-order valence-electron chi connectivity index (χ2n) is 5.05. The van der Waals surface area contributed by atoms with Gasteiger partial charge >= 0.3 is 0 Å². The minimum atomic E-state index is 0.286. The van der Waals surface area contributed by atoms with E-state index in [0.29, 0.717) is 24.9 Å². The molecule has 0 amide bonds. The quantitative estimate of drug-likeness (QED) is 0.721. The zero-order valence-electron chi connectivity index (χ0n) is 9.95. The van der Waals surface area contributed by atoms with E-state index in [1.54, 1.807) is 0 Å². The van der Waals surface area contributed by atoms with E-state index >= 15 is 0 Å². The summed E-state index contributed by atoms with van der Waals surface area (Å²) in [5.74, 6) is 1.12. The third-order valence-corrected chi connectivity index (χ3v) is 3.68. The van der Waals surface area contributed by atoms with Gasteiger partial charge in [-0.25, -0.2) is 0 Å². The molecule has 0 bridgehead atoms. The van der Waals surface area contributed by atoms with Gasteiger partial charge in [-0.3, -0.25) is 4.79 Å². The highest BCUT2D eigenvalue weighted by atomic mass is 16.5. The summed E-state index contributed by atoms with van der Waals surface area (Å²) in [5, 5.41) is 0. The van der Waals surface area contributed by atoms with E-state index in [4.69, 9.17) is 9.47 Å². The van der Waals surface area contributed by atoms with Gasteiger partial charge in [-0.15, -0.1) is 0 Å². The summed E-state index contributed by atoms with van der Waals surface area (Å²) in [6.07, 6.45) is 6.96. The molecule has 2 rings (SSSR count). The van der Waals surface area contributed by atoms with E-state index in [1.165, 1.54) is 19.3 Å². The standard InChI is InChI=1S/C13H22O3/c14-13(12-4-2-1-3-5-12)10-16-9-11-6-7-15-8-11/h11-12H,1-10H2. The number of hydrogen-bond acceptors (Lipinski definition) is 3. The van der Waals surface area contributed by atoms with E-state index in [1.807, 2.05) is 0 Å². The van der Waals surface area contributed by atoms with E-state index in [-0.39, 0.29) is 5.92 Å². The van der Waals surface area contributed by atoms with Crippen LogP contribution in [0, 0.1) is 11.8 Å². The average Bonchev–Trinajstić information content (AvgIpc) is 2.83. The van der Waals surface area contributed by atoms with Gasteiger partial charge < -0.3 is 9.47 Å². The van der Waals surface area contributed by atoms with Crippen LogP contribution < -0.4 is 0 Å². The first-order valence-electron chi connectivity index (χ1n) is 6.54. The summed E-state index contributed by atoms with van der Waals surface area (Å²) >= 11 is 0. The molecule has 3 nitrogen and oxygen atoms in total. The van der Waals surface area contributed by atoms with E-state index < -0.39 is 0 Å². The number of carbonyl (C=O) groups is 1. The van der Waals surface area contributed by atoms with Gasteiger partial charge in [0.1, 0.15) is 6.61 Å². The van der Waals surface area contributed by atoms with Crippen LogP contribution in [0.15, 0.2) is 0 Å². The molecule has 0 radical (unpaired) electrons. The molecule has 1 saturated carbocycles. The van der Waals surface area contributed by atoms with E-state index in [0.717, 1.165) is 32.5 Å². The lowest BCUT2D eigenvalue weighted by Crippen LogP contribution is -2.23. The molecule has 1 heterocycles. The number of hydrogen-bond donors (Lipinski definition) is 0. The Bertz CT molecular complexity index is 215. The highest BCUT2D eigenvalue weighted by Gasteiger charge is 2.22. The van der Waals surface area contributed by atoms with Crippen molar-refractivity contribution in [3.8, 4) is 0 Å². The third-order valence-electron chi connectivity index (χ3n) is 3.68. The molecular weight excluding hydrogens is 204 g/mol. The fourth-order valence-electron chi connectivity index (χ4n) is 2.58. The van der Waals surface area contributed by atoms with Gasteiger partial charge in [0.05, 0.1) is 13.2 Å². The Morgan fingerprint density at radius 3 is 2.69 bits per heavy atom. The molecule has 1 unspecified atom stereocenters. The number of carbonyl (C=O) groups excluding carboxylic acids is 1. The van der Waals surface area contributed by atoms with Crippen LogP contribution in [0.1, 0.15) is 38.5 Å². The summed E-state index contributed by atoms with van der Waals surface area (Å²) in [5.41, 5.74) is 0. The van der Waals surface area contributed by atoms with Crippen LogP contribution in [0.2, 0.25) is 0 Å². The first kappa shape index (κ1) is 12.1. The van der Waals surface area contributed by atoms with Gasteiger partial charge in [-0.05, 0) is 19.3 Å². The molecule has 92 valence electrons. The maximum absolute atomic E-state index is 11.8. The summed E-state index contributed by atoms with van der Waals surface area (Å²) in [4.78, 5) is 11.8. The molecule has 16 heavy (non-hydrogen) atoms. The van der Waals surface area contributed by atoms with E-state index in [9.17, 15) is 4.79 Å². The summed E-state index contributed by atoms with van der Waals surface area (Å²) < 4.78 is 10.8. The largest absolute Gasteiger partial charge is 0.381 e. The first-order valence-corrected chi connectivity index (χ1v) is 6.54. The second kappa shape index (κ2) is 6.36. The molecule has 0 aromatic heterocycles. The van der Waals surface area contributed by atoms with Gasteiger partial charge in [0.25, 0.3) is 0 Å². The molecule has 3 heteroatoms. The lowest BCUT2D eigenvalue weighted by atomic mass is 9.86. The predicted molar refractivity (Wildman–Crippen MR) is 61.3 cm³/mol. The van der Waals surface area contributed by atoms with Gasteiger partial charge in [0.15, 0.2) is 5.78 Å². The number of ketones is 1. The monoisotopic (exact) mass is 226 g/mol. The molecule has 0 aromatic rings. The molecular formula is C13H22O3. The minimum absolute atomic E-state index is 0.286. The van der Waals surface area contributed by atoms with Crippen LogP contribution in [0.25, 0.3) is 0 Å². The van der Waals surface area contributed by atoms with Crippen molar-refractivity contribution in [1.29, 1.82) is 0 Å². The Balaban J connectivity index is 1.59. The van der Waals surface area contributed by atoms with E-state index in [2.05, 4.69) is 0 Å². The lowest BCUT2D eigenvalue weighted by Gasteiger charge is -2.20. The van der Waals surface area contributed by atoms with Crippen molar-refractivity contribution in [1.82, 2.24) is 0 Å². The molecule has 2 fully saturated rings. The maximum atomic E-state index is 11.8. The average molecular weight is 226 g/mol. The zero-order chi connectivity index (χ0) is 11.2. The predicted octanol–water partition coefficient (Wildman–Crippen LogP) is 2.19. The summed E-state index contributed by atoms with van der Waals surface area (Å²) in [7, 11) is 0. The minimum Gasteiger partial charge on any atom is -0.381 e. The van der Waals surface area contributed by atoms with Crippen molar-refractivity contribution in [2.24, 2.45) is 11.8 Å². The molecule has 1 saturated heterocycles. The Kier molecular flexibility index (Phi) is 4.79. The summed E-state index contributed by atoms with van der Waals surface area (Å²) in [6.45, 7) is 2.67. The fourth-order valence-corrected chi connectivity index (χ4v) is 2.58. The number of Topliss-reactive ketones (excluding diaryl/α,β-unsaturated/α-hetero) is 1. The zero-order valence-corrected chi connectivity index (χ0v) is 9.95. The molecule has 1 aliphatic carbocycles. The lowest BCUT2D eigenvalue weighted by molar-refractivity contribution is -0.128. The fraction of sp³-hybridized carbons (Fsp3) is 0.923. The van der Waals surface area contributed by atoms with Crippen LogP contribution >= 0.6 is 0 Å². The van der Waals surface area contributed by atoms with Crippen LogP contribution in [0.3, 0.4) is 0 Å². The molecule has 0 spiro atoms.